The lowest BCUT2D eigenvalue weighted by molar-refractivity contribution is -0.141. The molecule has 2 heterocycles. The first-order chi connectivity index (χ1) is 9.38. The normalized spacial score (nSPS) is 11.2. The maximum atomic E-state index is 12.3. The van der Waals surface area contributed by atoms with Crippen LogP contribution in [0.3, 0.4) is 0 Å². The molecule has 1 N–H and O–H groups in total. The van der Waals surface area contributed by atoms with Crippen LogP contribution >= 0.6 is 15.9 Å². The van der Waals surface area contributed by atoms with Gasteiger partial charge < -0.3 is 5.32 Å². The zero-order valence-corrected chi connectivity index (χ0v) is 11.4. The first-order valence-corrected chi connectivity index (χ1v) is 6.12. The molecule has 0 bridgehead atoms. The molecule has 0 aliphatic heterocycles. The second-order valence-electron chi connectivity index (χ2n) is 3.72. The summed E-state index contributed by atoms with van der Waals surface area (Å²) < 4.78 is 37.5. The molecule has 0 aromatic carbocycles. The summed E-state index contributed by atoms with van der Waals surface area (Å²) in [5.41, 5.74) is -0.734. The molecule has 2 aromatic rings. The number of aromatic nitrogens is 2. The van der Waals surface area contributed by atoms with E-state index in [9.17, 15) is 18.0 Å². The van der Waals surface area contributed by atoms with Crippen LogP contribution in [0.15, 0.2) is 41.1 Å². The summed E-state index contributed by atoms with van der Waals surface area (Å²) in [6.45, 7) is 0. The van der Waals surface area contributed by atoms with E-state index >= 15 is 0 Å². The van der Waals surface area contributed by atoms with Crippen LogP contribution in [0.4, 0.5) is 18.9 Å². The van der Waals surface area contributed by atoms with Crippen LogP contribution in [0.5, 0.6) is 0 Å². The van der Waals surface area contributed by atoms with Gasteiger partial charge in [-0.25, -0.2) is 9.97 Å². The van der Waals surface area contributed by atoms with Gasteiger partial charge in [0, 0.05) is 10.7 Å². The lowest BCUT2D eigenvalue weighted by Crippen LogP contribution is -2.15. The Kier molecular flexibility index (Phi) is 4.03. The molecule has 4 nitrogen and oxygen atoms in total. The Labute approximate surface area is 120 Å². The van der Waals surface area contributed by atoms with Crippen molar-refractivity contribution in [3.63, 3.8) is 0 Å². The van der Waals surface area contributed by atoms with Crippen molar-refractivity contribution >= 4 is 27.5 Å². The molecule has 0 atom stereocenters. The average Bonchev–Trinajstić information content (AvgIpc) is 2.38. The van der Waals surface area contributed by atoms with E-state index in [0.717, 1.165) is 18.3 Å². The van der Waals surface area contributed by atoms with Gasteiger partial charge in [0.2, 0.25) is 0 Å². The van der Waals surface area contributed by atoms with E-state index in [-0.39, 0.29) is 11.4 Å². The summed E-state index contributed by atoms with van der Waals surface area (Å²) >= 11 is 3.16. The average molecular weight is 346 g/mol. The van der Waals surface area contributed by atoms with Gasteiger partial charge in [0.05, 0.1) is 11.9 Å². The number of nitrogens with zero attached hydrogens (tertiary/aromatic N) is 2. The van der Waals surface area contributed by atoms with E-state index in [1.165, 1.54) is 6.20 Å². The number of pyridine rings is 2. The molecule has 104 valence electrons. The van der Waals surface area contributed by atoms with Crippen LogP contribution in [0.1, 0.15) is 16.2 Å². The third kappa shape index (κ3) is 3.32. The van der Waals surface area contributed by atoms with Crippen LogP contribution < -0.4 is 5.32 Å². The van der Waals surface area contributed by atoms with Gasteiger partial charge in [0.25, 0.3) is 5.91 Å². The molecule has 2 aromatic heterocycles. The molecular weight excluding hydrogens is 339 g/mol. The minimum atomic E-state index is -4.51. The van der Waals surface area contributed by atoms with Crippen LogP contribution in [0.2, 0.25) is 0 Å². The molecule has 0 unspecified atom stereocenters. The van der Waals surface area contributed by atoms with Crippen molar-refractivity contribution in [3.05, 3.63) is 52.5 Å². The van der Waals surface area contributed by atoms with E-state index in [2.05, 4.69) is 31.2 Å². The number of anilines is 1. The molecule has 0 aliphatic rings. The number of hydrogen-bond donors (Lipinski definition) is 1. The van der Waals surface area contributed by atoms with Crippen molar-refractivity contribution in [3.8, 4) is 0 Å². The number of hydrogen-bond acceptors (Lipinski definition) is 3. The smallest absolute Gasteiger partial charge is 0.319 e. The minimum absolute atomic E-state index is 0.132. The first-order valence-electron chi connectivity index (χ1n) is 5.33. The topological polar surface area (TPSA) is 54.9 Å². The number of halogens is 4. The van der Waals surface area contributed by atoms with E-state index in [1.807, 2.05) is 0 Å². The Morgan fingerprint density at radius 1 is 1.20 bits per heavy atom. The molecule has 0 aliphatic carbocycles. The Bertz CT molecular complexity index is 629. The molecule has 1 amide bonds. The Balaban J connectivity index is 2.15. The SMILES string of the molecule is O=C(Nc1ccc(C(F)(F)F)nc1)c1ncccc1Br. The number of carbonyl (C=O) groups is 1. The minimum Gasteiger partial charge on any atom is -0.319 e. The van der Waals surface area contributed by atoms with Crippen molar-refractivity contribution in [1.82, 2.24) is 9.97 Å². The second-order valence-corrected chi connectivity index (χ2v) is 4.57. The van der Waals surface area contributed by atoms with Gasteiger partial charge in [-0.3, -0.25) is 4.79 Å². The quantitative estimate of drug-likeness (QED) is 0.906. The molecule has 8 heteroatoms. The van der Waals surface area contributed by atoms with Crippen LogP contribution in [0, 0.1) is 0 Å². The van der Waals surface area contributed by atoms with Gasteiger partial charge in [0.1, 0.15) is 11.4 Å². The predicted molar refractivity (Wildman–Crippen MR) is 69.1 cm³/mol. The predicted octanol–water partition coefficient (Wildman–Crippen LogP) is 3.51. The fourth-order valence-electron chi connectivity index (χ4n) is 1.38. The third-order valence-electron chi connectivity index (χ3n) is 2.29. The van der Waals surface area contributed by atoms with E-state index in [1.54, 1.807) is 12.1 Å². The Morgan fingerprint density at radius 3 is 2.50 bits per heavy atom. The van der Waals surface area contributed by atoms with Crippen molar-refractivity contribution in [2.45, 2.75) is 6.18 Å². The van der Waals surface area contributed by atoms with Gasteiger partial charge in [-0.15, -0.1) is 0 Å². The summed E-state index contributed by atoms with van der Waals surface area (Å²) in [6, 6.07) is 5.20. The van der Waals surface area contributed by atoms with Crippen LogP contribution in [0.25, 0.3) is 0 Å². The molecule has 2 rings (SSSR count). The summed E-state index contributed by atoms with van der Waals surface area (Å²) in [7, 11) is 0. The number of carbonyl (C=O) groups excluding carboxylic acids is 1. The summed E-state index contributed by atoms with van der Waals surface area (Å²) in [5, 5.41) is 2.42. The highest BCUT2D eigenvalue weighted by Crippen LogP contribution is 2.27. The first kappa shape index (κ1) is 14.4. The van der Waals surface area contributed by atoms with Crippen LogP contribution in [-0.2, 0) is 6.18 Å². The van der Waals surface area contributed by atoms with Gasteiger partial charge in [-0.05, 0) is 40.2 Å². The van der Waals surface area contributed by atoms with Gasteiger partial charge in [-0.1, -0.05) is 0 Å². The van der Waals surface area contributed by atoms with E-state index in [4.69, 9.17) is 0 Å². The number of alkyl halides is 3. The summed E-state index contributed by atoms with van der Waals surface area (Å²) in [5.74, 6) is -0.543. The maximum Gasteiger partial charge on any atom is 0.433 e. The fraction of sp³-hybridized carbons (Fsp3) is 0.0833. The zero-order valence-electron chi connectivity index (χ0n) is 9.78. The highest BCUT2D eigenvalue weighted by atomic mass is 79.9. The van der Waals surface area contributed by atoms with Gasteiger partial charge in [-0.2, -0.15) is 13.2 Å². The lowest BCUT2D eigenvalue weighted by Gasteiger charge is -2.08. The van der Waals surface area contributed by atoms with Crippen molar-refractivity contribution in [1.29, 1.82) is 0 Å². The van der Waals surface area contributed by atoms with Gasteiger partial charge >= 0.3 is 6.18 Å². The van der Waals surface area contributed by atoms with E-state index in [0.29, 0.717) is 4.47 Å². The fourth-order valence-corrected chi connectivity index (χ4v) is 1.81. The van der Waals surface area contributed by atoms with Crippen molar-refractivity contribution in [2.24, 2.45) is 0 Å². The lowest BCUT2D eigenvalue weighted by atomic mass is 10.3. The van der Waals surface area contributed by atoms with Crippen molar-refractivity contribution in [2.75, 3.05) is 5.32 Å². The number of nitrogens with one attached hydrogen (secondary N) is 1. The second kappa shape index (κ2) is 5.58. The maximum absolute atomic E-state index is 12.3. The monoisotopic (exact) mass is 345 g/mol. The molecule has 0 spiro atoms. The molecule has 0 saturated carbocycles. The number of amides is 1. The molecular formula is C12H7BrF3N3O. The zero-order chi connectivity index (χ0) is 14.8. The number of rotatable bonds is 2. The summed E-state index contributed by atoms with van der Waals surface area (Å²) in [6.07, 6.45) is -2.13. The molecule has 20 heavy (non-hydrogen) atoms. The Hall–Kier alpha value is -1.96. The molecule has 0 saturated heterocycles. The largest absolute Gasteiger partial charge is 0.433 e. The van der Waals surface area contributed by atoms with Crippen molar-refractivity contribution < 1.29 is 18.0 Å². The van der Waals surface area contributed by atoms with Gasteiger partial charge in [0.15, 0.2) is 0 Å². The Morgan fingerprint density at radius 2 is 1.95 bits per heavy atom. The summed E-state index contributed by atoms with van der Waals surface area (Å²) in [4.78, 5) is 19.0. The molecule has 0 radical (unpaired) electrons. The standard InChI is InChI=1S/C12H7BrF3N3O/c13-8-2-1-5-17-10(8)11(20)19-7-3-4-9(18-6-7)12(14,15)16/h1-6H,(H,19,20). The van der Waals surface area contributed by atoms with Crippen LogP contribution in [-0.4, -0.2) is 15.9 Å². The molecule has 0 fully saturated rings. The highest BCUT2D eigenvalue weighted by molar-refractivity contribution is 9.10. The van der Waals surface area contributed by atoms with E-state index < -0.39 is 17.8 Å². The highest BCUT2D eigenvalue weighted by Gasteiger charge is 2.32. The third-order valence-corrected chi connectivity index (χ3v) is 2.93.